The summed E-state index contributed by atoms with van der Waals surface area (Å²) in [6.45, 7) is 4.17. The summed E-state index contributed by atoms with van der Waals surface area (Å²) in [5.74, 6) is 1.52. The monoisotopic (exact) mass is 251 g/mol. The van der Waals surface area contributed by atoms with Gasteiger partial charge in [-0.05, 0) is 31.4 Å². The molecular formula is C13H17NO2S. The van der Waals surface area contributed by atoms with Gasteiger partial charge in [-0.1, -0.05) is 6.07 Å². The molecule has 17 heavy (non-hydrogen) atoms. The van der Waals surface area contributed by atoms with E-state index in [1.54, 1.807) is 11.3 Å². The maximum absolute atomic E-state index is 10.4. The van der Waals surface area contributed by atoms with Crippen LogP contribution in [-0.4, -0.2) is 11.7 Å². The third-order valence-electron chi connectivity index (χ3n) is 2.94. The summed E-state index contributed by atoms with van der Waals surface area (Å²) in [6.07, 6.45) is -0.601. The lowest BCUT2D eigenvalue weighted by Crippen LogP contribution is -2.19. The van der Waals surface area contributed by atoms with Crippen molar-refractivity contribution < 1.29 is 9.52 Å². The van der Waals surface area contributed by atoms with Crippen LogP contribution in [0.25, 0.3) is 0 Å². The number of hydrogen-bond donors (Lipinski definition) is 2. The van der Waals surface area contributed by atoms with Crippen LogP contribution in [0.15, 0.2) is 28.0 Å². The molecule has 0 aliphatic carbocycles. The van der Waals surface area contributed by atoms with Crippen molar-refractivity contribution in [3.8, 4) is 0 Å². The molecule has 0 radical (unpaired) electrons. The molecule has 3 N–H and O–H groups in total. The molecule has 0 amide bonds. The lowest BCUT2D eigenvalue weighted by atomic mass is 9.94. The van der Waals surface area contributed by atoms with Gasteiger partial charge in [0.1, 0.15) is 11.5 Å². The Balaban J connectivity index is 2.29. The number of aliphatic hydroxyl groups excluding tert-OH is 1. The molecule has 2 aromatic heterocycles. The number of furan rings is 1. The fraction of sp³-hybridized carbons (Fsp3) is 0.385. The topological polar surface area (TPSA) is 59.4 Å². The number of thiophene rings is 1. The van der Waals surface area contributed by atoms with E-state index in [0.717, 1.165) is 22.0 Å². The summed E-state index contributed by atoms with van der Waals surface area (Å²) < 4.78 is 5.45. The van der Waals surface area contributed by atoms with Gasteiger partial charge in [-0.3, -0.25) is 0 Å². The summed E-state index contributed by atoms with van der Waals surface area (Å²) in [6, 6.07) is 5.87. The molecule has 0 saturated carbocycles. The van der Waals surface area contributed by atoms with Crippen molar-refractivity contribution in [1.82, 2.24) is 0 Å². The molecule has 2 aromatic rings. The molecule has 4 heteroatoms. The molecule has 0 saturated heterocycles. The standard InChI is InChI=1S/C13H17NO2S/c1-8-6-10(9(2)16-8)13(15)11(7-14)12-4-3-5-17-12/h3-6,11,13,15H,7,14H2,1-2H3. The molecule has 0 fully saturated rings. The van der Waals surface area contributed by atoms with Crippen molar-refractivity contribution in [1.29, 1.82) is 0 Å². The second kappa shape index (κ2) is 5.04. The third kappa shape index (κ3) is 2.44. The first-order valence-corrected chi connectivity index (χ1v) is 6.50. The molecule has 0 aromatic carbocycles. The highest BCUT2D eigenvalue weighted by molar-refractivity contribution is 7.10. The average molecular weight is 251 g/mol. The number of hydrogen-bond acceptors (Lipinski definition) is 4. The summed E-state index contributed by atoms with van der Waals surface area (Å²) in [5, 5.41) is 12.4. The zero-order valence-electron chi connectivity index (χ0n) is 10.0. The Morgan fingerprint density at radius 2 is 2.24 bits per heavy atom. The van der Waals surface area contributed by atoms with E-state index in [4.69, 9.17) is 10.2 Å². The summed E-state index contributed by atoms with van der Waals surface area (Å²) in [4.78, 5) is 1.11. The molecule has 0 aliphatic rings. The molecule has 2 rings (SSSR count). The number of rotatable bonds is 4. The highest BCUT2D eigenvalue weighted by atomic mass is 32.1. The average Bonchev–Trinajstić information content (AvgIpc) is 2.89. The maximum atomic E-state index is 10.4. The van der Waals surface area contributed by atoms with Crippen LogP contribution >= 0.6 is 11.3 Å². The Kier molecular flexibility index (Phi) is 3.66. The van der Waals surface area contributed by atoms with Gasteiger partial charge < -0.3 is 15.3 Å². The van der Waals surface area contributed by atoms with Crippen LogP contribution in [0.3, 0.4) is 0 Å². The van der Waals surface area contributed by atoms with Crippen molar-refractivity contribution in [3.05, 3.63) is 45.5 Å². The van der Waals surface area contributed by atoms with E-state index in [9.17, 15) is 5.11 Å². The predicted molar refractivity (Wildman–Crippen MR) is 69.3 cm³/mol. The first kappa shape index (κ1) is 12.4. The van der Waals surface area contributed by atoms with E-state index in [-0.39, 0.29) is 5.92 Å². The SMILES string of the molecule is Cc1cc(C(O)C(CN)c2cccs2)c(C)o1. The first-order chi connectivity index (χ1) is 8.13. The van der Waals surface area contributed by atoms with E-state index < -0.39 is 6.10 Å². The number of aliphatic hydroxyl groups is 1. The molecule has 0 bridgehead atoms. The van der Waals surface area contributed by atoms with Gasteiger partial charge in [-0.25, -0.2) is 0 Å². The molecule has 2 unspecified atom stereocenters. The van der Waals surface area contributed by atoms with Gasteiger partial charge in [0.25, 0.3) is 0 Å². The van der Waals surface area contributed by atoms with Crippen LogP contribution in [0.1, 0.15) is 34.0 Å². The van der Waals surface area contributed by atoms with Gasteiger partial charge in [0.15, 0.2) is 0 Å². The summed E-state index contributed by atoms with van der Waals surface area (Å²) in [7, 11) is 0. The second-order valence-electron chi connectivity index (χ2n) is 4.17. The minimum atomic E-state index is -0.601. The van der Waals surface area contributed by atoms with Gasteiger partial charge in [0, 0.05) is 22.9 Å². The van der Waals surface area contributed by atoms with Crippen molar-refractivity contribution in [2.45, 2.75) is 25.9 Å². The molecule has 2 atom stereocenters. The Morgan fingerprint density at radius 3 is 2.71 bits per heavy atom. The minimum absolute atomic E-state index is 0.0642. The number of aryl methyl sites for hydroxylation is 2. The molecule has 0 spiro atoms. The Labute approximate surface area is 105 Å². The maximum Gasteiger partial charge on any atom is 0.106 e. The second-order valence-corrected chi connectivity index (χ2v) is 5.15. The van der Waals surface area contributed by atoms with Crippen LogP contribution in [0, 0.1) is 13.8 Å². The lowest BCUT2D eigenvalue weighted by molar-refractivity contribution is 0.147. The smallest absolute Gasteiger partial charge is 0.106 e. The molecule has 2 heterocycles. The van der Waals surface area contributed by atoms with E-state index in [0.29, 0.717) is 6.54 Å². The molecule has 0 aliphatic heterocycles. The van der Waals surface area contributed by atoms with Crippen molar-refractivity contribution in [2.75, 3.05) is 6.54 Å². The molecule has 3 nitrogen and oxygen atoms in total. The van der Waals surface area contributed by atoms with Crippen LogP contribution in [-0.2, 0) is 0 Å². The van der Waals surface area contributed by atoms with Gasteiger partial charge in [-0.2, -0.15) is 0 Å². The summed E-state index contributed by atoms with van der Waals surface area (Å²) in [5.41, 5.74) is 6.61. The van der Waals surface area contributed by atoms with Gasteiger partial charge in [0.2, 0.25) is 0 Å². The van der Waals surface area contributed by atoms with Crippen LogP contribution in [0.5, 0.6) is 0 Å². The highest BCUT2D eigenvalue weighted by Crippen LogP contribution is 2.35. The van der Waals surface area contributed by atoms with Crippen LogP contribution in [0.4, 0.5) is 0 Å². The van der Waals surface area contributed by atoms with Crippen LogP contribution < -0.4 is 5.73 Å². The zero-order chi connectivity index (χ0) is 12.4. The van der Waals surface area contributed by atoms with Gasteiger partial charge >= 0.3 is 0 Å². The van der Waals surface area contributed by atoms with Crippen LogP contribution in [0.2, 0.25) is 0 Å². The third-order valence-corrected chi connectivity index (χ3v) is 3.95. The van der Waals surface area contributed by atoms with Crippen molar-refractivity contribution in [3.63, 3.8) is 0 Å². The summed E-state index contributed by atoms with van der Waals surface area (Å²) >= 11 is 1.62. The quantitative estimate of drug-likeness (QED) is 0.878. The Bertz CT molecular complexity index is 476. The van der Waals surface area contributed by atoms with E-state index in [1.807, 2.05) is 37.4 Å². The van der Waals surface area contributed by atoms with E-state index >= 15 is 0 Å². The van der Waals surface area contributed by atoms with E-state index in [1.165, 1.54) is 0 Å². The predicted octanol–water partition coefficient (Wildman–Crippen LogP) is 2.73. The normalized spacial score (nSPS) is 14.8. The van der Waals surface area contributed by atoms with Crippen molar-refractivity contribution in [2.24, 2.45) is 5.73 Å². The molecule has 92 valence electrons. The van der Waals surface area contributed by atoms with Gasteiger partial charge in [0.05, 0.1) is 6.10 Å². The van der Waals surface area contributed by atoms with E-state index in [2.05, 4.69) is 0 Å². The zero-order valence-corrected chi connectivity index (χ0v) is 10.8. The largest absolute Gasteiger partial charge is 0.466 e. The highest BCUT2D eigenvalue weighted by Gasteiger charge is 2.25. The fourth-order valence-electron chi connectivity index (χ4n) is 2.06. The fourth-order valence-corrected chi connectivity index (χ4v) is 2.94. The van der Waals surface area contributed by atoms with Gasteiger partial charge in [-0.15, -0.1) is 11.3 Å². The number of nitrogens with two attached hydrogens (primary N) is 1. The minimum Gasteiger partial charge on any atom is -0.466 e. The first-order valence-electron chi connectivity index (χ1n) is 5.62. The Hall–Kier alpha value is -1.10. The Morgan fingerprint density at radius 1 is 1.47 bits per heavy atom. The lowest BCUT2D eigenvalue weighted by Gasteiger charge is -2.19. The molecular weight excluding hydrogens is 234 g/mol. The van der Waals surface area contributed by atoms with Crippen molar-refractivity contribution >= 4 is 11.3 Å².